The Morgan fingerprint density at radius 1 is 1.30 bits per heavy atom. The number of rotatable bonds is 4. The molecule has 23 heavy (non-hydrogen) atoms. The lowest BCUT2D eigenvalue weighted by molar-refractivity contribution is -0.137. The molecule has 2 rings (SSSR count). The average molecular weight is 342 g/mol. The molecule has 0 aliphatic rings. The maximum atomic E-state index is 13.1. The maximum absolute atomic E-state index is 13.1. The highest BCUT2D eigenvalue weighted by atomic mass is 32.2. The quantitative estimate of drug-likeness (QED) is 0.913. The molecule has 0 amide bonds. The van der Waals surface area contributed by atoms with Gasteiger partial charge in [-0.15, -0.1) is 0 Å². The summed E-state index contributed by atoms with van der Waals surface area (Å²) in [6.45, 7) is 3.61. The van der Waals surface area contributed by atoms with Crippen molar-refractivity contribution in [1.82, 2.24) is 4.57 Å². The van der Waals surface area contributed by atoms with Crippen LogP contribution < -0.4 is 0 Å². The van der Waals surface area contributed by atoms with E-state index < -0.39 is 22.9 Å². The van der Waals surface area contributed by atoms with Crippen LogP contribution in [-0.2, 0) is 18.8 Å². The number of aryl methyl sites for hydroxylation is 1. The summed E-state index contributed by atoms with van der Waals surface area (Å²) >= 11 is 1.55. The van der Waals surface area contributed by atoms with Gasteiger partial charge in [-0.2, -0.15) is 30.2 Å². The van der Waals surface area contributed by atoms with Gasteiger partial charge in [-0.1, -0.05) is 6.92 Å². The third kappa shape index (κ3) is 3.33. The molecular formula is C16H17F3N2OS. The van der Waals surface area contributed by atoms with E-state index in [9.17, 15) is 18.3 Å². The number of aliphatic hydroxyl groups is 1. The number of benzene rings is 1. The Morgan fingerprint density at radius 3 is 2.48 bits per heavy atom. The number of thioether (sulfide) groups is 1. The van der Waals surface area contributed by atoms with Crippen molar-refractivity contribution >= 4 is 22.7 Å². The molecule has 0 saturated heterocycles. The smallest absolute Gasteiger partial charge is 0.383 e. The van der Waals surface area contributed by atoms with Crippen molar-refractivity contribution in [3.05, 3.63) is 35.0 Å². The molecule has 0 unspecified atom stereocenters. The van der Waals surface area contributed by atoms with E-state index in [2.05, 4.69) is 0 Å². The summed E-state index contributed by atoms with van der Waals surface area (Å²) in [6, 6.07) is 5.45. The average Bonchev–Trinajstić information content (AvgIpc) is 2.80. The standard InChI is InChI=1S/C16H17F3N2OS/c1-4-23-9-15(2,22)14-6-10-5-11(8-20)12(16(17,18)19)7-13(10)21(14)3/h5-7,22H,4,9H2,1-3H3/t15-/m0/s1. The molecule has 0 radical (unpaired) electrons. The fourth-order valence-corrected chi connectivity index (χ4v) is 3.35. The first-order chi connectivity index (χ1) is 10.6. The molecule has 7 heteroatoms. The summed E-state index contributed by atoms with van der Waals surface area (Å²) in [6.07, 6.45) is -4.59. The Hall–Kier alpha value is -1.65. The second-order valence-electron chi connectivity index (χ2n) is 5.57. The van der Waals surface area contributed by atoms with Gasteiger partial charge < -0.3 is 9.67 Å². The minimum Gasteiger partial charge on any atom is -0.383 e. The van der Waals surface area contributed by atoms with Gasteiger partial charge in [-0.3, -0.25) is 0 Å². The van der Waals surface area contributed by atoms with Crippen molar-refractivity contribution in [1.29, 1.82) is 5.26 Å². The first-order valence-electron chi connectivity index (χ1n) is 7.03. The number of hydrogen-bond donors (Lipinski definition) is 1. The molecule has 124 valence electrons. The Balaban J connectivity index is 2.66. The molecule has 3 nitrogen and oxygen atoms in total. The van der Waals surface area contributed by atoms with Crippen LogP contribution >= 0.6 is 11.8 Å². The van der Waals surface area contributed by atoms with Gasteiger partial charge in [0, 0.05) is 23.7 Å². The van der Waals surface area contributed by atoms with Crippen LogP contribution in [0.2, 0.25) is 0 Å². The topological polar surface area (TPSA) is 48.9 Å². The summed E-state index contributed by atoms with van der Waals surface area (Å²) in [5.74, 6) is 1.27. The molecule has 1 atom stereocenters. The number of hydrogen-bond acceptors (Lipinski definition) is 3. The van der Waals surface area contributed by atoms with Crippen LogP contribution in [0.15, 0.2) is 18.2 Å². The highest BCUT2D eigenvalue weighted by Gasteiger charge is 2.35. The summed E-state index contributed by atoms with van der Waals surface area (Å²) in [7, 11) is 1.62. The van der Waals surface area contributed by atoms with Crippen LogP contribution in [0, 0.1) is 11.3 Å². The van der Waals surface area contributed by atoms with Gasteiger partial charge >= 0.3 is 6.18 Å². The number of nitrogens with zero attached hydrogens (tertiary/aromatic N) is 2. The molecule has 0 spiro atoms. The molecule has 0 fully saturated rings. The largest absolute Gasteiger partial charge is 0.417 e. The molecule has 1 aromatic heterocycles. The van der Waals surface area contributed by atoms with Crippen LogP contribution in [0.4, 0.5) is 13.2 Å². The van der Waals surface area contributed by atoms with Crippen LogP contribution in [0.1, 0.15) is 30.7 Å². The van der Waals surface area contributed by atoms with Crippen molar-refractivity contribution < 1.29 is 18.3 Å². The van der Waals surface area contributed by atoms with E-state index in [0.29, 0.717) is 22.3 Å². The number of nitriles is 1. The zero-order valence-corrected chi connectivity index (χ0v) is 13.8. The van der Waals surface area contributed by atoms with Crippen molar-refractivity contribution in [3.63, 3.8) is 0 Å². The lowest BCUT2D eigenvalue weighted by Crippen LogP contribution is -2.27. The monoisotopic (exact) mass is 342 g/mol. The second-order valence-corrected chi connectivity index (χ2v) is 6.84. The predicted molar refractivity (Wildman–Crippen MR) is 85.2 cm³/mol. The summed E-state index contributed by atoms with van der Waals surface area (Å²) in [4.78, 5) is 0. The lowest BCUT2D eigenvalue weighted by atomic mass is 10.0. The highest BCUT2D eigenvalue weighted by molar-refractivity contribution is 7.99. The molecule has 0 aliphatic carbocycles. The summed E-state index contributed by atoms with van der Waals surface area (Å²) in [5, 5.41) is 20.1. The van der Waals surface area contributed by atoms with Crippen LogP contribution in [0.3, 0.4) is 0 Å². The van der Waals surface area contributed by atoms with Gasteiger partial charge in [0.15, 0.2) is 0 Å². The van der Waals surface area contributed by atoms with E-state index in [-0.39, 0.29) is 0 Å². The molecular weight excluding hydrogens is 325 g/mol. The fraction of sp³-hybridized carbons (Fsp3) is 0.438. The fourth-order valence-electron chi connectivity index (χ4n) is 2.60. The number of fused-ring (bicyclic) bond motifs is 1. The van der Waals surface area contributed by atoms with Gasteiger partial charge in [0.25, 0.3) is 0 Å². The van der Waals surface area contributed by atoms with Crippen LogP contribution in [0.5, 0.6) is 0 Å². The Labute approximate surface area is 136 Å². The SMILES string of the molecule is CCSC[C@](C)(O)c1cc2cc(C#N)c(C(F)(F)F)cc2n1C. The minimum absolute atomic E-state index is 0.341. The Morgan fingerprint density at radius 2 is 1.96 bits per heavy atom. The number of alkyl halides is 3. The van der Waals surface area contributed by atoms with E-state index in [1.54, 1.807) is 42.4 Å². The van der Waals surface area contributed by atoms with Crippen molar-refractivity contribution in [2.45, 2.75) is 25.6 Å². The van der Waals surface area contributed by atoms with Gasteiger partial charge in [0.1, 0.15) is 5.60 Å². The number of halogens is 3. The summed E-state index contributed by atoms with van der Waals surface area (Å²) in [5.41, 5.74) is -1.67. The van der Waals surface area contributed by atoms with E-state index >= 15 is 0 Å². The van der Waals surface area contributed by atoms with Crippen LogP contribution in [0.25, 0.3) is 10.9 Å². The molecule has 1 heterocycles. The van der Waals surface area contributed by atoms with Crippen molar-refractivity contribution in [2.24, 2.45) is 7.05 Å². The van der Waals surface area contributed by atoms with E-state index in [4.69, 9.17) is 5.26 Å². The molecule has 1 N–H and O–H groups in total. The zero-order chi connectivity index (χ0) is 17.4. The molecule has 0 saturated carbocycles. The normalized spacial score (nSPS) is 14.7. The van der Waals surface area contributed by atoms with Gasteiger partial charge in [0.2, 0.25) is 0 Å². The summed E-state index contributed by atoms with van der Waals surface area (Å²) < 4.78 is 40.8. The maximum Gasteiger partial charge on any atom is 0.417 e. The molecule has 2 aromatic rings. The van der Waals surface area contributed by atoms with Crippen molar-refractivity contribution in [2.75, 3.05) is 11.5 Å². The predicted octanol–water partition coefficient (Wildman–Crippen LogP) is 4.03. The Kier molecular flexibility index (Phi) is 4.69. The minimum atomic E-state index is -4.59. The lowest BCUT2D eigenvalue weighted by Gasteiger charge is -2.23. The van der Waals surface area contributed by atoms with E-state index in [1.165, 1.54) is 6.07 Å². The number of aromatic nitrogens is 1. The highest BCUT2D eigenvalue weighted by Crippen LogP contribution is 2.37. The first-order valence-corrected chi connectivity index (χ1v) is 8.18. The molecule has 1 aromatic carbocycles. The van der Waals surface area contributed by atoms with Crippen LogP contribution in [-0.4, -0.2) is 21.2 Å². The third-order valence-electron chi connectivity index (χ3n) is 3.75. The first kappa shape index (κ1) is 17.7. The van der Waals surface area contributed by atoms with Crippen molar-refractivity contribution in [3.8, 4) is 6.07 Å². The van der Waals surface area contributed by atoms with Gasteiger partial charge in [-0.25, -0.2) is 0 Å². The van der Waals surface area contributed by atoms with E-state index in [1.807, 2.05) is 6.92 Å². The van der Waals surface area contributed by atoms with Gasteiger partial charge in [0.05, 0.1) is 22.9 Å². The third-order valence-corrected chi connectivity index (χ3v) is 4.92. The molecule has 0 bridgehead atoms. The van der Waals surface area contributed by atoms with E-state index in [0.717, 1.165) is 11.8 Å². The molecule has 0 aliphatic heterocycles. The van der Waals surface area contributed by atoms with Gasteiger partial charge in [-0.05, 0) is 30.9 Å². The Bertz CT molecular complexity index is 772. The second kappa shape index (κ2) is 6.10. The zero-order valence-electron chi connectivity index (χ0n) is 13.0.